The SMILES string of the molecule is CCCNC(C)c1cnc(-c2cccs2)nc1C. The van der Waals surface area contributed by atoms with Crippen LogP contribution in [0.4, 0.5) is 0 Å². The van der Waals surface area contributed by atoms with E-state index in [2.05, 4.69) is 42.1 Å². The minimum absolute atomic E-state index is 0.308. The number of aryl methyl sites for hydroxylation is 1. The van der Waals surface area contributed by atoms with Gasteiger partial charge in [-0.1, -0.05) is 13.0 Å². The van der Waals surface area contributed by atoms with Crippen LogP contribution < -0.4 is 5.32 Å². The van der Waals surface area contributed by atoms with Gasteiger partial charge in [0, 0.05) is 23.5 Å². The first kappa shape index (κ1) is 13.2. The minimum Gasteiger partial charge on any atom is -0.310 e. The molecule has 0 aliphatic rings. The van der Waals surface area contributed by atoms with Crippen LogP contribution in [0.2, 0.25) is 0 Å². The highest BCUT2D eigenvalue weighted by Gasteiger charge is 2.11. The van der Waals surface area contributed by atoms with Crippen LogP contribution in [0, 0.1) is 6.92 Å². The van der Waals surface area contributed by atoms with E-state index < -0.39 is 0 Å². The van der Waals surface area contributed by atoms with Gasteiger partial charge in [0.2, 0.25) is 0 Å². The minimum atomic E-state index is 0.308. The van der Waals surface area contributed by atoms with Crippen LogP contribution in [-0.4, -0.2) is 16.5 Å². The number of aromatic nitrogens is 2. The Morgan fingerprint density at radius 1 is 1.44 bits per heavy atom. The fourth-order valence-corrected chi connectivity index (χ4v) is 2.56. The molecule has 2 heterocycles. The summed E-state index contributed by atoms with van der Waals surface area (Å²) in [5.41, 5.74) is 2.24. The second-order valence-corrected chi connectivity index (χ2v) is 5.34. The van der Waals surface area contributed by atoms with Crippen molar-refractivity contribution in [3.05, 3.63) is 35.0 Å². The van der Waals surface area contributed by atoms with E-state index in [0.717, 1.165) is 29.4 Å². The van der Waals surface area contributed by atoms with Crippen LogP contribution >= 0.6 is 11.3 Å². The molecule has 18 heavy (non-hydrogen) atoms. The van der Waals surface area contributed by atoms with Gasteiger partial charge >= 0.3 is 0 Å². The lowest BCUT2D eigenvalue weighted by atomic mass is 10.1. The van der Waals surface area contributed by atoms with Crippen molar-refractivity contribution in [1.82, 2.24) is 15.3 Å². The Morgan fingerprint density at radius 3 is 2.89 bits per heavy atom. The molecule has 2 rings (SSSR count). The average molecular weight is 261 g/mol. The number of hydrogen-bond acceptors (Lipinski definition) is 4. The molecule has 0 bridgehead atoms. The van der Waals surface area contributed by atoms with Gasteiger partial charge in [-0.15, -0.1) is 11.3 Å². The van der Waals surface area contributed by atoms with Crippen molar-refractivity contribution in [3.63, 3.8) is 0 Å². The van der Waals surface area contributed by atoms with E-state index in [4.69, 9.17) is 0 Å². The van der Waals surface area contributed by atoms with Crippen molar-refractivity contribution in [2.24, 2.45) is 0 Å². The van der Waals surface area contributed by atoms with Crippen molar-refractivity contribution in [1.29, 1.82) is 0 Å². The summed E-state index contributed by atoms with van der Waals surface area (Å²) in [5.74, 6) is 0.828. The molecular formula is C14H19N3S. The molecule has 0 radical (unpaired) electrons. The van der Waals surface area contributed by atoms with E-state index in [9.17, 15) is 0 Å². The Labute approximate surface area is 112 Å². The average Bonchev–Trinajstić information content (AvgIpc) is 2.89. The molecule has 1 unspecified atom stereocenters. The molecule has 2 aromatic rings. The van der Waals surface area contributed by atoms with Crippen molar-refractivity contribution in [2.45, 2.75) is 33.2 Å². The maximum absolute atomic E-state index is 4.60. The maximum Gasteiger partial charge on any atom is 0.169 e. The Morgan fingerprint density at radius 2 is 2.28 bits per heavy atom. The molecule has 0 aromatic carbocycles. The van der Waals surface area contributed by atoms with Gasteiger partial charge in [0.05, 0.1) is 4.88 Å². The molecule has 1 N–H and O–H groups in total. The van der Waals surface area contributed by atoms with Crippen LogP contribution in [0.15, 0.2) is 23.7 Å². The van der Waals surface area contributed by atoms with Crippen molar-refractivity contribution >= 4 is 11.3 Å². The van der Waals surface area contributed by atoms with E-state index in [1.54, 1.807) is 11.3 Å². The molecule has 0 spiro atoms. The van der Waals surface area contributed by atoms with Crippen molar-refractivity contribution < 1.29 is 0 Å². The molecule has 3 nitrogen and oxygen atoms in total. The van der Waals surface area contributed by atoms with Crippen LogP contribution in [0.1, 0.15) is 37.6 Å². The number of nitrogens with zero attached hydrogens (tertiary/aromatic N) is 2. The predicted octanol–water partition coefficient (Wildman–Crippen LogP) is 3.57. The summed E-state index contributed by atoms with van der Waals surface area (Å²) < 4.78 is 0. The van der Waals surface area contributed by atoms with Gasteiger partial charge in [-0.2, -0.15) is 0 Å². The molecule has 2 aromatic heterocycles. The molecule has 1 atom stereocenters. The van der Waals surface area contributed by atoms with Gasteiger partial charge in [0.15, 0.2) is 5.82 Å². The molecule has 0 amide bonds. The summed E-state index contributed by atoms with van der Waals surface area (Å²) in [7, 11) is 0. The Hall–Kier alpha value is -1.26. The van der Waals surface area contributed by atoms with Crippen LogP contribution in [0.3, 0.4) is 0 Å². The zero-order chi connectivity index (χ0) is 13.0. The van der Waals surface area contributed by atoms with Crippen LogP contribution in [0.25, 0.3) is 10.7 Å². The molecule has 96 valence electrons. The van der Waals surface area contributed by atoms with Gasteiger partial charge < -0.3 is 5.32 Å². The summed E-state index contributed by atoms with van der Waals surface area (Å²) in [6.45, 7) is 7.40. The highest BCUT2D eigenvalue weighted by Crippen LogP contribution is 2.23. The van der Waals surface area contributed by atoms with Gasteiger partial charge in [-0.25, -0.2) is 9.97 Å². The maximum atomic E-state index is 4.60. The summed E-state index contributed by atoms with van der Waals surface area (Å²) in [5, 5.41) is 5.52. The fourth-order valence-electron chi connectivity index (χ4n) is 1.90. The van der Waals surface area contributed by atoms with E-state index in [-0.39, 0.29) is 0 Å². The normalized spacial score (nSPS) is 12.6. The van der Waals surface area contributed by atoms with E-state index >= 15 is 0 Å². The highest BCUT2D eigenvalue weighted by atomic mass is 32.1. The standard InChI is InChI=1S/C14H19N3S/c1-4-7-15-10(2)12-9-16-14(17-11(12)3)13-6-5-8-18-13/h5-6,8-10,15H,4,7H2,1-3H3. The van der Waals surface area contributed by atoms with Crippen molar-refractivity contribution in [2.75, 3.05) is 6.54 Å². The fraction of sp³-hybridized carbons (Fsp3) is 0.429. The molecule has 0 aliphatic heterocycles. The zero-order valence-electron chi connectivity index (χ0n) is 11.1. The Bertz CT molecular complexity index is 494. The molecule has 4 heteroatoms. The summed E-state index contributed by atoms with van der Waals surface area (Å²) in [4.78, 5) is 10.2. The lowest BCUT2D eigenvalue weighted by Gasteiger charge is -2.15. The number of thiophene rings is 1. The third kappa shape index (κ3) is 2.94. The van der Waals surface area contributed by atoms with Crippen LogP contribution in [0.5, 0.6) is 0 Å². The first-order valence-electron chi connectivity index (χ1n) is 6.33. The molecule has 0 saturated heterocycles. The third-order valence-corrected chi connectivity index (χ3v) is 3.79. The summed E-state index contributed by atoms with van der Waals surface area (Å²) >= 11 is 1.67. The van der Waals surface area contributed by atoms with E-state index in [0.29, 0.717) is 6.04 Å². The number of nitrogens with one attached hydrogen (secondary N) is 1. The smallest absolute Gasteiger partial charge is 0.169 e. The summed E-state index contributed by atoms with van der Waals surface area (Å²) in [6.07, 6.45) is 3.09. The lowest BCUT2D eigenvalue weighted by Crippen LogP contribution is -2.20. The predicted molar refractivity (Wildman–Crippen MR) is 76.8 cm³/mol. The van der Waals surface area contributed by atoms with E-state index in [1.165, 1.54) is 5.56 Å². The van der Waals surface area contributed by atoms with E-state index in [1.807, 2.05) is 17.6 Å². The quantitative estimate of drug-likeness (QED) is 0.894. The molecular weight excluding hydrogens is 242 g/mol. The monoisotopic (exact) mass is 261 g/mol. The number of hydrogen-bond donors (Lipinski definition) is 1. The van der Waals surface area contributed by atoms with Gasteiger partial charge in [0.1, 0.15) is 0 Å². The van der Waals surface area contributed by atoms with Gasteiger partial charge in [0.25, 0.3) is 0 Å². The molecule has 0 saturated carbocycles. The Balaban J connectivity index is 2.20. The second kappa shape index (κ2) is 6.07. The lowest BCUT2D eigenvalue weighted by molar-refractivity contribution is 0.564. The van der Waals surface area contributed by atoms with Gasteiger partial charge in [-0.3, -0.25) is 0 Å². The topological polar surface area (TPSA) is 37.8 Å². The first-order chi connectivity index (χ1) is 8.72. The number of rotatable bonds is 5. The molecule has 0 aliphatic carbocycles. The van der Waals surface area contributed by atoms with Crippen molar-refractivity contribution in [3.8, 4) is 10.7 Å². The molecule has 0 fully saturated rings. The first-order valence-corrected chi connectivity index (χ1v) is 7.21. The van der Waals surface area contributed by atoms with Gasteiger partial charge in [-0.05, 0) is 38.3 Å². The summed E-state index contributed by atoms with van der Waals surface area (Å²) in [6, 6.07) is 4.39. The third-order valence-electron chi connectivity index (χ3n) is 2.93. The highest BCUT2D eigenvalue weighted by molar-refractivity contribution is 7.13. The second-order valence-electron chi connectivity index (χ2n) is 4.39. The van der Waals surface area contributed by atoms with Crippen LogP contribution in [-0.2, 0) is 0 Å². The largest absolute Gasteiger partial charge is 0.310 e. The zero-order valence-corrected chi connectivity index (χ0v) is 11.9. The Kier molecular flexibility index (Phi) is 4.44.